The van der Waals surface area contributed by atoms with Gasteiger partial charge in [0.1, 0.15) is 0 Å². The first-order valence-corrected chi connectivity index (χ1v) is 8.55. The number of carbonyl (C=O) groups is 3. The van der Waals surface area contributed by atoms with Crippen LogP contribution in [0.25, 0.3) is 0 Å². The third kappa shape index (κ3) is 3.44. The van der Waals surface area contributed by atoms with Gasteiger partial charge >= 0.3 is 6.03 Å². The van der Waals surface area contributed by atoms with E-state index >= 15 is 0 Å². The minimum absolute atomic E-state index is 0.273. The number of nitrogens with zero attached hydrogens (tertiary/aromatic N) is 1. The molecule has 134 valence electrons. The van der Waals surface area contributed by atoms with Gasteiger partial charge < -0.3 is 10.6 Å². The molecule has 2 aromatic rings. The van der Waals surface area contributed by atoms with Crippen molar-refractivity contribution in [1.29, 1.82) is 0 Å². The zero-order valence-electron chi connectivity index (χ0n) is 14.8. The Labute approximate surface area is 152 Å². The second kappa shape index (κ2) is 7.39. The monoisotopic (exact) mass is 351 g/mol. The summed E-state index contributed by atoms with van der Waals surface area (Å²) in [7, 11) is 0. The minimum Gasteiger partial charge on any atom is -0.338 e. The molecule has 0 atom stereocenters. The van der Waals surface area contributed by atoms with E-state index in [1.165, 1.54) is 4.90 Å². The molecule has 1 aliphatic heterocycles. The standard InChI is InChI=1S/C20H21N3O3/c1-13-7-5-10-17(14(13)2)22-20(26)21-11-6-12-23-18(24)15-8-3-4-9-16(15)19(23)25/h3-5,7-10H,6,11-12H2,1-2H3,(H2,21,22,26). The molecule has 0 bridgehead atoms. The Hall–Kier alpha value is -3.15. The lowest BCUT2D eigenvalue weighted by Crippen LogP contribution is -2.35. The van der Waals surface area contributed by atoms with Gasteiger partial charge in [-0.3, -0.25) is 14.5 Å². The molecule has 6 heteroatoms. The molecule has 1 aliphatic rings. The molecular weight excluding hydrogens is 330 g/mol. The molecule has 0 aliphatic carbocycles. The molecule has 0 unspecified atom stereocenters. The molecule has 0 fully saturated rings. The number of aryl methyl sites for hydroxylation is 1. The Bertz CT molecular complexity index is 841. The summed E-state index contributed by atoms with van der Waals surface area (Å²) in [5.74, 6) is -0.545. The summed E-state index contributed by atoms with van der Waals surface area (Å²) >= 11 is 0. The van der Waals surface area contributed by atoms with Crippen molar-refractivity contribution in [3.8, 4) is 0 Å². The van der Waals surface area contributed by atoms with Gasteiger partial charge in [0.15, 0.2) is 0 Å². The van der Waals surface area contributed by atoms with Crippen molar-refractivity contribution in [2.45, 2.75) is 20.3 Å². The maximum absolute atomic E-state index is 12.3. The van der Waals surface area contributed by atoms with E-state index in [1.54, 1.807) is 24.3 Å². The van der Waals surface area contributed by atoms with Crippen LogP contribution in [-0.2, 0) is 0 Å². The summed E-state index contributed by atoms with van der Waals surface area (Å²) in [6.45, 7) is 4.58. The fraction of sp³-hybridized carbons (Fsp3) is 0.250. The molecule has 6 nitrogen and oxygen atoms in total. The quantitative estimate of drug-likeness (QED) is 0.642. The van der Waals surface area contributed by atoms with Gasteiger partial charge in [-0.2, -0.15) is 0 Å². The van der Waals surface area contributed by atoms with Gasteiger partial charge in [0, 0.05) is 18.8 Å². The third-order valence-corrected chi connectivity index (χ3v) is 4.58. The molecule has 3 rings (SSSR count). The van der Waals surface area contributed by atoms with E-state index in [1.807, 2.05) is 32.0 Å². The van der Waals surface area contributed by atoms with Crippen molar-refractivity contribution in [3.63, 3.8) is 0 Å². The van der Waals surface area contributed by atoms with Gasteiger partial charge in [0.05, 0.1) is 11.1 Å². The van der Waals surface area contributed by atoms with Crippen LogP contribution in [0.5, 0.6) is 0 Å². The maximum atomic E-state index is 12.3. The van der Waals surface area contributed by atoms with E-state index in [-0.39, 0.29) is 24.4 Å². The molecule has 4 amide bonds. The molecule has 0 radical (unpaired) electrons. The first-order valence-electron chi connectivity index (χ1n) is 8.55. The van der Waals surface area contributed by atoms with Crippen molar-refractivity contribution < 1.29 is 14.4 Å². The molecule has 2 N–H and O–H groups in total. The molecule has 1 heterocycles. The van der Waals surface area contributed by atoms with Gasteiger partial charge in [-0.05, 0) is 49.6 Å². The lowest BCUT2D eigenvalue weighted by molar-refractivity contribution is 0.0653. The van der Waals surface area contributed by atoms with Crippen LogP contribution in [0.15, 0.2) is 42.5 Å². The van der Waals surface area contributed by atoms with Gasteiger partial charge in [-0.25, -0.2) is 4.79 Å². The molecule has 2 aromatic carbocycles. The Morgan fingerprint density at radius 2 is 1.62 bits per heavy atom. The van der Waals surface area contributed by atoms with Crippen molar-refractivity contribution in [2.24, 2.45) is 0 Å². The van der Waals surface area contributed by atoms with Crippen LogP contribution < -0.4 is 10.6 Å². The lowest BCUT2D eigenvalue weighted by Gasteiger charge is -2.14. The van der Waals surface area contributed by atoms with Crippen molar-refractivity contribution >= 4 is 23.5 Å². The average molecular weight is 351 g/mol. The Balaban J connectivity index is 1.48. The predicted octanol–water partition coefficient (Wildman–Crippen LogP) is 3.11. The highest BCUT2D eigenvalue weighted by Gasteiger charge is 2.34. The zero-order chi connectivity index (χ0) is 18.7. The van der Waals surface area contributed by atoms with Crippen LogP contribution in [0.4, 0.5) is 10.5 Å². The van der Waals surface area contributed by atoms with E-state index in [0.717, 1.165) is 16.8 Å². The molecule has 0 aromatic heterocycles. The van der Waals surface area contributed by atoms with Crippen LogP contribution in [0, 0.1) is 13.8 Å². The summed E-state index contributed by atoms with van der Waals surface area (Å²) in [5, 5.41) is 5.57. The average Bonchev–Trinajstić information content (AvgIpc) is 2.87. The van der Waals surface area contributed by atoms with Crippen LogP contribution >= 0.6 is 0 Å². The van der Waals surface area contributed by atoms with Gasteiger partial charge in [-0.15, -0.1) is 0 Å². The van der Waals surface area contributed by atoms with Crippen LogP contribution in [-0.4, -0.2) is 35.8 Å². The van der Waals surface area contributed by atoms with E-state index in [9.17, 15) is 14.4 Å². The van der Waals surface area contributed by atoms with E-state index in [2.05, 4.69) is 10.6 Å². The van der Waals surface area contributed by atoms with Crippen molar-refractivity contribution in [1.82, 2.24) is 10.2 Å². The highest BCUT2D eigenvalue weighted by Crippen LogP contribution is 2.22. The van der Waals surface area contributed by atoms with E-state index in [4.69, 9.17) is 0 Å². The Morgan fingerprint density at radius 3 is 2.27 bits per heavy atom. The first-order chi connectivity index (χ1) is 12.5. The summed E-state index contributed by atoms with van der Waals surface area (Å²) in [4.78, 5) is 37.7. The molecule has 26 heavy (non-hydrogen) atoms. The van der Waals surface area contributed by atoms with E-state index < -0.39 is 0 Å². The number of amides is 4. The van der Waals surface area contributed by atoms with Gasteiger partial charge in [-0.1, -0.05) is 24.3 Å². The number of hydrogen-bond donors (Lipinski definition) is 2. The number of urea groups is 1. The Kier molecular flexibility index (Phi) is 5.02. The Morgan fingerprint density at radius 1 is 0.962 bits per heavy atom. The van der Waals surface area contributed by atoms with E-state index in [0.29, 0.717) is 24.1 Å². The SMILES string of the molecule is Cc1cccc(NC(=O)NCCCN2C(=O)c3ccccc3C2=O)c1C. The number of nitrogens with one attached hydrogen (secondary N) is 2. The lowest BCUT2D eigenvalue weighted by atomic mass is 10.1. The van der Waals surface area contributed by atoms with Crippen molar-refractivity contribution in [2.75, 3.05) is 18.4 Å². The van der Waals surface area contributed by atoms with Crippen LogP contribution in [0.3, 0.4) is 0 Å². The summed E-state index contributed by atoms with van der Waals surface area (Å²) in [6.07, 6.45) is 0.492. The number of anilines is 1. The molecular formula is C20H21N3O3. The summed E-state index contributed by atoms with van der Waals surface area (Å²) in [5.41, 5.74) is 3.78. The van der Waals surface area contributed by atoms with Crippen LogP contribution in [0.1, 0.15) is 38.3 Å². The van der Waals surface area contributed by atoms with Gasteiger partial charge in [0.25, 0.3) is 11.8 Å². The topological polar surface area (TPSA) is 78.5 Å². The third-order valence-electron chi connectivity index (χ3n) is 4.58. The van der Waals surface area contributed by atoms with Crippen molar-refractivity contribution in [3.05, 3.63) is 64.7 Å². The second-order valence-corrected chi connectivity index (χ2v) is 6.29. The van der Waals surface area contributed by atoms with Crippen LogP contribution in [0.2, 0.25) is 0 Å². The molecule has 0 saturated carbocycles. The first kappa shape index (κ1) is 17.7. The number of hydrogen-bond acceptors (Lipinski definition) is 3. The number of rotatable bonds is 5. The summed E-state index contributed by atoms with van der Waals surface area (Å²) in [6, 6.07) is 12.2. The molecule has 0 spiro atoms. The smallest absolute Gasteiger partial charge is 0.319 e. The fourth-order valence-electron chi connectivity index (χ4n) is 2.93. The second-order valence-electron chi connectivity index (χ2n) is 6.29. The maximum Gasteiger partial charge on any atom is 0.319 e. The highest BCUT2D eigenvalue weighted by atomic mass is 16.2. The van der Waals surface area contributed by atoms with Gasteiger partial charge in [0.2, 0.25) is 0 Å². The molecule has 0 saturated heterocycles. The predicted molar refractivity (Wildman–Crippen MR) is 99.4 cm³/mol. The fourth-order valence-corrected chi connectivity index (χ4v) is 2.93. The normalized spacial score (nSPS) is 12.9. The number of benzene rings is 2. The minimum atomic E-state index is -0.305. The number of imide groups is 1. The highest BCUT2D eigenvalue weighted by molar-refractivity contribution is 6.21. The largest absolute Gasteiger partial charge is 0.338 e. The zero-order valence-corrected chi connectivity index (χ0v) is 14.8. The summed E-state index contributed by atoms with van der Waals surface area (Å²) < 4.78 is 0. The number of fused-ring (bicyclic) bond motifs is 1. The number of carbonyl (C=O) groups excluding carboxylic acids is 3.